The van der Waals surface area contributed by atoms with Crippen LogP contribution in [0.4, 0.5) is 4.79 Å². The monoisotopic (exact) mass is 326 g/mol. The molecule has 0 spiro atoms. The van der Waals surface area contributed by atoms with Gasteiger partial charge in [-0.3, -0.25) is 0 Å². The van der Waals surface area contributed by atoms with Crippen LogP contribution < -0.4 is 4.74 Å². The van der Waals surface area contributed by atoms with Crippen LogP contribution in [0.15, 0.2) is 24.3 Å². The summed E-state index contributed by atoms with van der Waals surface area (Å²) in [5.41, 5.74) is 0.211. The highest BCUT2D eigenvalue weighted by atomic mass is 35.5. The van der Waals surface area contributed by atoms with Gasteiger partial charge in [-0.2, -0.15) is 0 Å². The molecule has 1 unspecified atom stereocenters. The molecule has 4 heteroatoms. The highest BCUT2D eigenvalue weighted by molar-refractivity contribution is 6.61. The van der Waals surface area contributed by atoms with Crippen molar-refractivity contribution in [3.05, 3.63) is 29.8 Å². The van der Waals surface area contributed by atoms with Crippen molar-refractivity contribution in [2.75, 3.05) is 6.61 Å². The average Bonchev–Trinajstić information content (AvgIpc) is 2.48. The Balaban J connectivity index is 2.62. The molecular formula is C18H27ClO3. The molecule has 1 rings (SSSR count). The topological polar surface area (TPSA) is 35.5 Å². The van der Waals surface area contributed by atoms with E-state index in [0.29, 0.717) is 12.5 Å². The number of carbonyl (C=O) groups is 1. The Labute approximate surface area is 139 Å². The molecule has 22 heavy (non-hydrogen) atoms. The van der Waals surface area contributed by atoms with Crippen LogP contribution in [-0.2, 0) is 4.74 Å². The summed E-state index contributed by atoms with van der Waals surface area (Å²) in [6, 6.07) is 7.72. The molecule has 0 amide bonds. The van der Waals surface area contributed by atoms with Gasteiger partial charge in [0.1, 0.15) is 11.9 Å². The molecule has 1 aromatic rings. The summed E-state index contributed by atoms with van der Waals surface area (Å²) in [6.07, 6.45) is 5.06. The van der Waals surface area contributed by atoms with Gasteiger partial charge in [-0.15, -0.1) is 0 Å². The van der Waals surface area contributed by atoms with Crippen LogP contribution >= 0.6 is 11.6 Å². The fourth-order valence-corrected chi connectivity index (χ4v) is 2.31. The Morgan fingerprint density at radius 3 is 2.36 bits per heavy atom. The highest BCUT2D eigenvalue weighted by Gasteiger charge is 2.15. The van der Waals surface area contributed by atoms with Gasteiger partial charge < -0.3 is 9.47 Å². The minimum absolute atomic E-state index is 0.277. The van der Waals surface area contributed by atoms with Gasteiger partial charge in [0.2, 0.25) is 0 Å². The van der Waals surface area contributed by atoms with E-state index in [2.05, 4.69) is 20.8 Å². The van der Waals surface area contributed by atoms with Crippen molar-refractivity contribution in [1.82, 2.24) is 0 Å². The van der Waals surface area contributed by atoms with Crippen molar-refractivity contribution in [1.29, 1.82) is 0 Å². The summed E-state index contributed by atoms with van der Waals surface area (Å²) in [6.45, 7) is 7.09. The first-order valence-electron chi connectivity index (χ1n) is 8.11. The van der Waals surface area contributed by atoms with E-state index >= 15 is 0 Å². The second kappa shape index (κ2) is 10.5. The van der Waals surface area contributed by atoms with E-state index in [-0.39, 0.29) is 6.10 Å². The third-order valence-corrected chi connectivity index (χ3v) is 3.48. The van der Waals surface area contributed by atoms with E-state index in [1.807, 2.05) is 24.3 Å². The maximum Gasteiger partial charge on any atom is 0.404 e. The van der Waals surface area contributed by atoms with Crippen molar-refractivity contribution >= 4 is 17.0 Å². The maximum absolute atomic E-state index is 11.1. The highest BCUT2D eigenvalue weighted by Crippen LogP contribution is 2.27. The second-order valence-corrected chi connectivity index (χ2v) is 6.28. The van der Waals surface area contributed by atoms with E-state index in [0.717, 1.165) is 30.6 Å². The van der Waals surface area contributed by atoms with Crippen LogP contribution in [0.5, 0.6) is 5.75 Å². The molecule has 0 radical (unpaired) electrons. The summed E-state index contributed by atoms with van der Waals surface area (Å²) in [5, 5.41) is 0. The minimum atomic E-state index is -0.749. The van der Waals surface area contributed by atoms with E-state index in [1.165, 1.54) is 12.8 Å². The molecule has 0 aliphatic rings. The van der Waals surface area contributed by atoms with Crippen LogP contribution in [0.1, 0.15) is 64.5 Å². The third kappa shape index (κ3) is 7.69. The standard InChI is InChI=1S/C18H27ClO3/c1-4-5-6-7-8-17(22-18(19)20)15-9-11-16(12-10-15)21-13-14(2)3/h9-12,14,17H,4-8,13H2,1-3H3. The number of ether oxygens (including phenoxy) is 2. The zero-order valence-electron chi connectivity index (χ0n) is 13.8. The number of rotatable bonds is 10. The van der Waals surface area contributed by atoms with Crippen LogP contribution in [0.3, 0.4) is 0 Å². The number of hydrogen-bond acceptors (Lipinski definition) is 3. The van der Waals surface area contributed by atoms with E-state index < -0.39 is 5.43 Å². The molecule has 124 valence electrons. The zero-order chi connectivity index (χ0) is 16.4. The number of benzene rings is 1. The summed E-state index contributed by atoms with van der Waals surface area (Å²) >= 11 is 5.39. The summed E-state index contributed by atoms with van der Waals surface area (Å²) in [4.78, 5) is 11.1. The molecular weight excluding hydrogens is 300 g/mol. The van der Waals surface area contributed by atoms with E-state index in [4.69, 9.17) is 21.1 Å². The van der Waals surface area contributed by atoms with Crippen LogP contribution in [0.2, 0.25) is 0 Å². The first kappa shape index (κ1) is 18.8. The summed E-state index contributed by atoms with van der Waals surface area (Å²) < 4.78 is 10.9. The lowest BCUT2D eigenvalue weighted by Gasteiger charge is -2.17. The molecule has 1 atom stereocenters. The lowest BCUT2D eigenvalue weighted by Crippen LogP contribution is -2.07. The van der Waals surface area contributed by atoms with Crippen molar-refractivity contribution < 1.29 is 14.3 Å². The fourth-order valence-electron chi connectivity index (χ4n) is 2.20. The summed E-state index contributed by atoms with van der Waals surface area (Å²) in [5.74, 6) is 1.32. The van der Waals surface area contributed by atoms with Gasteiger partial charge in [0, 0.05) is 11.6 Å². The molecule has 1 aromatic carbocycles. The van der Waals surface area contributed by atoms with Gasteiger partial charge in [0.05, 0.1) is 6.61 Å². The van der Waals surface area contributed by atoms with E-state index in [1.54, 1.807) is 0 Å². The van der Waals surface area contributed by atoms with Crippen LogP contribution in [0, 0.1) is 5.92 Å². The van der Waals surface area contributed by atoms with Crippen molar-refractivity contribution in [3.63, 3.8) is 0 Å². The summed E-state index contributed by atoms with van der Waals surface area (Å²) in [7, 11) is 0. The molecule has 0 aromatic heterocycles. The Kier molecular flexibility index (Phi) is 8.98. The second-order valence-electron chi connectivity index (χ2n) is 5.97. The quantitative estimate of drug-likeness (QED) is 0.384. The Morgan fingerprint density at radius 2 is 1.82 bits per heavy atom. The maximum atomic E-state index is 11.1. The van der Waals surface area contributed by atoms with Crippen LogP contribution in [0.25, 0.3) is 0 Å². The van der Waals surface area contributed by atoms with Crippen molar-refractivity contribution in [2.24, 2.45) is 5.92 Å². The SMILES string of the molecule is CCCCCCC(OC(=O)Cl)c1ccc(OCC(C)C)cc1. The number of carbonyl (C=O) groups excluding carboxylic acids is 1. The Morgan fingerprint density at radius 1 is 1.14 bits per heavy atom. The molecule has 0 N–H and O–H groups in total. The number of unbranched alkanes of at least 4 members (excludes halogenated alkanes) is 3. The fraction of sp³-hybridized carbons (Fsp3) is 0.611. The van der Waals surface area contributed by atoms with Crippen molar-refractivity contribution in [3.8, 4) is 5.75 Å². The number of halogens is 1. The largest absolute Gasteiger partial charge is 0.493 e. The molecule has 0 aliphatic heterocycles. The van der Waals surface area contributed by atoms with E-state index in [9.17, 15) is 4.79 Å². The van der Waals surface area contributed by atoms with Crippen molar-refractivity contribution in [2.45, 2.75) is 59.0 Å². The zero-order valence-corrected chi connectivity index (χ0v) is 14.6. The predicted molar refractivity (Wildman–Crippen MR) is 90.6 cm³/mol. The predicted octanol–water partition coefficient (Wildman–Crippen LogP) is 6.11. The van der Waals surface area contributed by atoms with Gasteiger partial charge in [0.25, 0.3) is 0 Å². The lowest BCUT2D eigenvalue weighted by molar-refractivity contribution is 0.114. The molecule has 3 nitrogen and oxygen atoms in total. The van der Waals surface area contributed by atoms with Gasteiger partial charge in [-0.05, 0) is 36.5 Å². The van der Waals surface area contributed by atoms with Gasteiger partial charge in [0.15, 0.2) is 0 Å². The smallest absolute Gasteiger partial charge is 0.404 e. The molecule has 0 fully saturated rings. The Bertz CT molecular complexity index is 428. The molecule has 0 bridgehead atoms. The molecule has 0 heterocycles. The lowest BCUT2D eigenvalue weighted by atomic mass is 10.0. The molecule has 0 aliphatic carbocycles. The van der Waals surface area contributed by atoms with Crippen LogP contribution in [-0.4, -0.2) is 12.0 Å². The normalized spacial score (nSPS) is 12.2. The first-order valence-corrected chi connectivity index (χ1v) is 8.49. The Hall–Kier alpha value is -1.22. The van der Waals surface area contributed by atoms with Gasteiger partial charge in [-0.25, -0.2) is 4.79 Å². The minimum Gasteiger partial charge on any atom is -0.493 e. The van der Waals surface area contributed by atoms with Gasteiger partial charge in [-0.1, -0.05) is 52.2 Å². The number of hydrogen-bond donors (Lipinski definition) is 0. The first-order chi connectivity index (χ1) is 10.5. The third-order valence-electron chi connectivity index (χ3n) is 3.39. The molecule has 0 saturated carbocycles. The van der Waals surface area contributed by atoms with Gasteiger partial charge >= 0.3 is 5.43 Å². The average molecular weight is 327 g/mol. The molecule has 0 saturated heterocycles.